The maximum atomic E-state index is 9.66. The molecule has 0 radical (unpaired) electrons. The van der Waals surface area contributed by atoms with Gasteiger partial charge in [-0.25, -0.2) is 0 Å². The Morgan fingerprint density at radius 1 is 1.30 bits per heavy atom. The summed E-state index contributed by atoms with van der Waals surface area (Å²) in [6.45, 7) is 10.8. The lowest BCUT2D eigenvalue weighted by Gasteiger charge is -2.33. The first-order chi connectivity index (χ1) is 11.0. The van der Waals surface area contributed by atoms with Crippen LogP contribution in [0.3, 0.4) is 0 Å². The van der Waals surface area contributed by atoms with Crippen LogP contribution < -0.4 is 5.32 Å². The Bertz CT molecular complexity index is 653. The highest BCUT2D eigenvalue weighted by molar-refractivity contribution is 5.61. The van der Waals surface area contributed by atoms with Gasteiger partial charge >= 0.3 is 0 Å². The number of hydrogen-bond donors (Lipinski definition) is 2. The van der Waals surface area contributed by atoms with E-state index in [0.717, 1.165) is 19.3 Å². The molecule has 1 heterocycles. The van der Waals surface area contributed by atoms with Gasteiger partial charge < -0.3 is 10.4 Å². The van der Waals surface area contributed by atoms with Gasteiger partial charge in [0, 0.05) is 18.2 Å². The normalized spacial score (nSPS) is 23.2. The van der Waals surface area contributed by atoms with E-state index in [1.807, 2.05) is 6.08 Å². The van der Waals surface area contributed by atoms with Crippen molar-refractivity contribution in [3.05, 3.63) is 69.7 Å². The first-order valence-corrected chi connectivity index (χ1v) is 8.62. The van der Waals surface area contributed by atoms with Gasteiger partial charge in [-0.15, -0.1) is 0 Å². The average molecular weight is 311 g/mol. The molecule has 2 rings (SSSR count). The van der Waals surface area contributed by atoms with Crippen LogP contribution in [0.4, 0.5) is 0 Å². The Morgan fingerprint density at radius 3 is 2.57 bits per heavy atom. The van der Waals surface area contributed by atoms with E-state index in [9.17, 15) is 5.11 Å². The molecule has 0 aromatic rings. The van der Waals surface area contributed by atoms with Crippen molar-refractivity contribution < 1.29 is 5.11 Å². The molecule has 1 unspecified atom stereocenters. The number of hydrogen-bond acceptors (Lipinski definition) is 2. The third kappa shape index (κ3) is 3.52. The Balaban J connectivity index is 2.61. The second kappa shape index (κ2) is 7.54. The number of rotatable bonds is 4. The zero-order valence-corrected chi connectivity index (χ0v) is 15.0. The van der Waals surface area contributed by atoms with Gasteiger partial charge in [0.15, 0.2) is 0 Å². The Kier molecular flexibility index (Phi) is 5.70. The van der Waals surface area contributed by atoms with Crippen LogP contribution in [0, 0.1) is 0 Å². The molecule has 0 spiro atoms. The Labute approximate surface area is 140 Å². The van der Waals surface area contributed by atoms with E-state index in [-0.39, 0.29) is 0 Å². The van der Waals surface area contributed by atoms with Gasteiger partial charge in [0.05, 0.1) is 5.76 Å². The van der Waals surface area contributed by atoms with Crippen LogP contribution in [-0.4, -0.2) is 11.1 Å². The van der Waals surface area contributed by atoms with E-state index >= 15 is 0 Å². The second-order valence-corrected chi connectivity index (χ2v) is 6.21. The summed E-state index contributed by atoms with van der Waals surface area (Å²) in [5.41, 5.74) is 8.03. The van der Waals surface area contributed by atoms with Gasteiger partial charge in [0.25, 0.3) is 0 Å². The summed E-state index contributed by atoms with van der Waals surface area (Å²) in [6, 6.07) is 0.309. The van der Waals surface area contributed by atoms with E-state index in [4.69, 9.17) is 0 Å². The van der Waals surface area contributed by atoms with Crippen molar-refractivity contribution in [3.63, 3.8) is 0 Å². The summed E-state index contributed by atoms with van der Waals surface area (Å²) in [6.07, 6.45) is 13.1. The number of aliphatic hydroxyl groups is 1. The predicted molar refractivity (Wildman–Crippen MR) is 99.2 cm³/mol. The summed E-state index contributed by atoms with van der Waals surface area (Å²) in [7, 11) is 0. The first kappa shape index (κ1) is 17.4. The molecule has 2 aliphatic rings. The van der Waals surface area contributed by atoms with Crippen molar-refractivity contribution >= 4 is 0 Å². The van der Waals surface area contributed by atoms with Crippen LogP contribution in [0.5, 0.6) is 0 Å². The molecule has 0 aromatic carbocycles. The minimum absolute atomic E-state index is 0.309. The zero-order valence-electron chi connectivity index (χ0n) is 15.0. The van der Waals surface area contributed by atoms with E-state index < -0.39 is 0 Å². The first-order valence-electron chi connectivity index (χ1n) is 8.62. The van der Waals surface area contributed by atoms with Gasteiger partial charge in [-0.05, 0) is 74.5 Å². The summed E-state index contributed by atoms with van der Waals surface area (Å²) in [5, 5.41) is 13.3. The molecular weight excluding hydrogens is 282 g/mol. The third-order valence-electron chi connectivity index (χ3n) is 4.64. The number of nitrogens with one attached hydrogen (secondary N) is 1. The lowest BCUT2D eigenvalue weighted by Crippen LogP contribution is -2.33. The van der Waals surface area contributed by atoms with Gasteiger partial charge in [0.2, 0.25) is 0 Å². The molecule has 1 aliphatic carbocycles. The smallest absolute Gasteiger partial charge is 0.0926 e. The van der Waals surface area contributed by atoms with Crippen LogP contribution in [0.2, 0.25) is 0 Å². The van der Waals surface area contributed by atoms with Gasteiger partial charge in [-0.2, -0.15) is 0 Å². The molecule has 0 bridgehead atoms. The Hall–Kier alpha value is -1.96. The molecule has 0 amide bonds. The van der Waals surface area contributed by atoms with Crippen LogP contribution in [0.1, 0.15) is 53.9 Å². The van der Waals surface area contributed by atoms with Crippen molar-refractivity contribution in [3.8, 4) is 0 Å². The maximum Gasteiger partial charge on any atom is 0.0926 e. The van der Waals surface area contributed by atoms with Crippen LogP contribution in [0.25, 0.3) is 0 Å². The fourth-order valence-electron chi connectivity index (χ4n) is 3.67. The number of aliphatic hydroxyl groups excluding tert-OH is 1. The lowest BCUT2D eigenvalue weighted by molar-refractivity contribution is 0.386. The van der Waals surface area contributed by atoms with Crippen molar-refractivity contribution in [2.45, 2.75) is 59.9 Å². The van der Waals surface area contributed by atoms with Gasteiger partial charge in [-0.1, -0.05) is 31.2 Å². The van der Waals surface area contributed by atoms with Crippen molar-refractivity contribution in [2.24, 2.45) is 0 Å². The fourth-order valence-corrected chi connectivity index (χ4v) is 3.67. The fraction of sp³-hybridized carbons (Fsp3) is 0.429. The van der Waals surface area contributed by atoms with Crippen LogP contribution >= 0.6 is 0 Å². The Morgan fingerprint density at radius 2 is 2.04 bits per heavy atom. The van der Waals surface area contributed by atoms with E-state index in [1.54, 1.807) is 0 Å². The molecule has 0 saturated heterocycles. The van der Waals surface area contributed by atoms with E-state index in [0.29, 0.717) is 11.8 Å². The standard InChI is InChI=1S/C21H29NO/c1-6-9-16(7-2)20-14(4)22-15(5)21(19(20)8-3)17-10-12-18(23)13-11-17/h6-7,9-10,12,14,22-23H,8,11,13H2,1-5H3/b9-6-,16-7+. The highest BCUT2D eigenvalue weighted by Gasteiger charge is 2.27. The quantitative estimate of drug-likeness (QED) is 0.658. The highest BCUT2D eigenvalue weighted by Crippen LogP contribution is 2.38. The molecule has 23 heavy (non-hydrogen) atoms. The molecule has 0 aromatic heterocycles. The molecule has 2 N–H and O–H groups in total. The zero-order chi connectivity index (χ0) is 17.0. The summed E-state index contributed by atoms with van der Waals surface area (Å²) in [4.78, 5) is 0. The second-order valence-electron chi connectivity index (χ2n) is 6.21. The molecule has 0 saturated carbocycles. The van der Waals surface area contributed by atoms with Crippen molar-refractivity contribution in [2.75, 3.05) is 0 Å². The molecular formula is C21H29NO. The van der Waals surface area contributed by atoms with Crippen LogP contribution in [0.15, 0.2) is 69.7 Å². The topological polar surface area (TPSA) is 32.3 Å². The summed E-state index contributed by atoms with van der Waals surface area (Å²) < 4.78 is 0. The molecule has 124 valence electrons. The summed E-state index contributed by atoms with van der Waals surface area (Å²) in [5.74, 6) is 0.481. The van der Waals surface area contributed by atoms with E-state index in [2.05, 4.69) is 64.2 Å². The van der Waals surface area contributed by atoms with Crippen LogP contribution in [-0.2, 0) is 0 Å². The lowest BCUT2D eigenvalue weighted by atomic mass is 9.80. The molecule has 1 aliphatic heterocycles. The van der Waals surface area contributed by atoms with E-state index in [1.165, 1.54) is 33.6 Å². The highest BCUT2D eigenvalue weighted by atomic mass is 16.3. The molecule has 2 nitrogen and oxygen atoms in total. The number of dihydropyridines is 1. The molecule has 1 atom stereocenters. The third-order valence-corrected chi connectivity index (χ3v) is 4.64. The maximum absolute atomic E-state index is 9.66. The SMILES string of the molecule is C/C=C\C(=C/C)C1=C(CC)C(C2=CC=C(O)CC2)=C(C)NC1C. The number of allylic oxidation sites excluding steroid dienone is 10. The van der Waals surface area contributed by atoms with Gasteiger partial charge in [-0.3, -0.25) is 0 Å². The van der Waals surface area contributed by atoms with Gasteiger partial charge in [0.1, 0.15) is 0 Å². The minimum Gasteiger partial charge on any atom is -0.512 e. The minimum atomic E-state index is 0.309. The predicted octanol–water partition coefficient (Wildman–Crippen LogP) is 5.64. The summed E-state index contributed by atoms with van der Waals surface area (Å²) >= 11 is 0. The largest absolute Gasteiger partial charge is 0.512 e. The monoisotopic (exact) mass is 311 g/mol. The molecule has 2 heteroatoms. The van der Waals surface area contributed by atoms with Crippen molar-refractivity contribution in [1.29, 1.82) is 0 Å². The average Bonchev–Trinajstić information content (AvgIpc) is 2.53. The molecule has 0 fully saturated rings. The van der Waals surface area contributed by atoms with Crippen molar-refractivity contribution in [1.82, 2.24) is 5.32 Å².